The quantitative estimate of drug-likeness (QED) is 0.758. The Morgan fingerprint density at radius 3 is 2.38 bits per heavy atom. The van der Waals surface area contributed by atoms with E-state index in [1.165, 1.54) is 0 Å². The summed E-state index contributed by atoms with van der Waals surface area (Å²) in [6.07, 6.45) is 0.733. The number of carbonyl (C=O) groups is 1. The minimum Gasteiger partial charge on any atom is -0.497 e. The van der Waals surface area contributed by atoms with Crippen molar-refractivity contribution in [1.29, 1.82) is 0 Å². The summed E-state index contributed by atoms with van der Waals surface area (Å²) in [4.78, 5) is 13.3. The molecule has 5 heteroatoms. The SMILES string of the molecule is CCN(CC)C(CC(=O)O)Cc1cc(OC)ccc1OC. The van der Waals surface area contributed by atoms with Crippen molar-refractivity contribution in [1.82, 2.24) is 4.90 Å². The first-order valence-electron chi connectivity index (χ1n) is 7.22. The molecular formula is C16H25NO4. The van der Waals surface area contributed by atoms with E-state index in [1.54, 1.807) is 14.2 Å². The first-order chi connectivity index (χ1) is 10.0. The Kier molecular flexibility index (Phi) is 7.02. The summed E-state index contributed by atoms with van der Waals surface area (Å²) in [6, 6.07) is 5.55. The van der Waals surface area contributed by atoms with E-state index < -0.39 is 5.97 Å². The smallest absolute Gasteiger partial charge is 0.304 e. The molecule has 0 fully saturated rings. The molecule has 1 aromatic carbocycles. The number of nitrogens with zero attached hydrogens (tertiary/aromatic N) is 1. The van der Waals surface area contributed by atoms with E-state index in [0.29, 0.717) is 6.42 Å². The third-order valence-corrected chi connectivity index (χ3v) is 3.68. The number of aliphatic carboxylic acids is 1. The summed E-state index contributed by atoms with van der Waals surface area (Å²) in [6.45, 7) is 5.73. The Morgan fingerprint density at radius 2 is 1.90 bits per heavy atom. The summed E-state index contributed by atoms with van der Waals surface area (Å²) < 4.78 is 10.6. The summed E-state index contributed by atoms with van der Waals surface area (Å²) >= 11 is 0. The lowest BCUT2D eigenvalue weighted by Crippen LogP contribution is -2.38. The van der Waals surface area contributed by atoms with E-state index in [0.717, 1.165) is 30.2 Å². The van der Waals surface area contributed by atoms with Crippen molar-refractivity contribution < 1.29 is 19.4 Å². The maximum atomic E-state index is 11.1. The van der Waals surface area contributed by atoms with E-state index in [2.05, 4.69) is 4.90 Å². The second-order valence-corrected chi connectivity index (χ2v) is 4.85. The molecule has 118 valence electrons. The van der Waals surface area contributed by atoms with Crippen LogP contribution in [0.4, 0.5) is 0 Å². The molecule has 1 aromatic rings. The topological polar surface area (TPSA) is 59.0 Å². The molecule has 0 aliphatic carbocycles. The average molecular weight is 295 g/mol. The maximum absolute atomic E-state index is 11.1. The zero-order chi connectivity index (χ0) is 15.8. The van der Waals surface area contributed by atoms with Gasteiger partial charge >= 0.3 is 5.97 Å². The molecule has 0 amide bonds. The van der Waals surface area contributed by atoms with Crippen LogP contribution in [0.3, 0.4) is 0 Å². The second-order valence-electron chi connectivity index (χ2n) is 4.85. The van der Waals surface area contributed by atoms with Crippen LogP contribution in [0.25, 0.3) is 0 Å². The van der Waals surface area contributed by atoms with E-state index in [-0.39, 0.29) is 12.5 Å². The molecule has 0 aliphatic heterocycles. The van der Waals surface area contributed by atoms with Crippen LogP contribution in [0.1, 0.15) is 25.8 Å². The van der Waals surface area contributed by atoms with E-state index >= 15 is 0 Å². The van der Waals surface area contributed by atoms with Crippen molar-refractivity contribution in [2.45, 2.75) is 32.7 Å². The van der Waals surface area contributed by atoms with Gasteiger partial charge in [0.1, 0.15) is 11.5 Å². The van der Waals surface area contributed by atoms with Crippen molar-refractivity contribution in [3.05, 3.63) is 23.8 Å². The first kappa shape index (κ1) is 17.3. The zero-order valence-corrected chi connectivity index (χ0v) is 13.3. The molecule has 1 unspecified atom stereocenters. The number of methoxy groups -OCH3 is 2. The van der Waals surface area contributed by atoms with E-state index in [4.69, 9.17) is 14.6 Å². The molecule has 0 spiro atoms. The van der Waals surface area contributed by atoms with Gasteiger partial charge in [0.25, 0.3) is 0 Å². The van der Waals surface area contributed by atoms with Gasteiger partial charge in [-0.05, 0) is 43.3 Å². The van der Waals surface area contributed by atoms with Crippen LogP contribution >= 0.6 is 0 Å². The lowest BCUT2D eigenvalue weighted by molar-refractivity contribution is -0.138. The van der Waals surface area contributed by atoms with Gasteiger partial charge in [-0.1, -0.05) is 13.8 Å². The van der Waals surface area contributed by atoms with Crippen LogP contribution in [0.2, 0.25) is 0 Å². The number of ether oxygens (including phenoxy) is 2. The fourth-order valence-corrected chi connectivity index (χ4v) is 2.57. The summed E-state index contributed by atoms with van der Waals surface area (Å²) in [5.41, 5.74) is 0.968. The Balaban J connectivity index is 3.03. The molecule has 1 atom stereocenters. The van der Waals surface area contributed by atoms with Crippen molar-refractivity contribution in [2.24, 2.45) is 0 Å². The highest BCUT2D eigenvalue weighted by Gasteiger charge is 2.21. The largest absolute Gasteiger partial charge is 0.497 e. The van der Waals surface area contributed by atoms with Crippen molar-refractivity contribution in [2.75, 3.05) is 27.3 Å². The Bertz CT molecular complexity index is 458. The highest BCUT2D eigenvalue weighted by Crippen LogP contribution is 2.26. The third kappa shape index (κ3) is 4.93. The van der Waals surface area contributed by atoms with Crippen LogP contribution in [-0.2, 0) is 11.2 Å². The van der Waals surface area contributed by atoms with Gasteiger partial charge in [0.15, 0.2) is 0 Å². The molecular weight excluding hydrogens is 270 g/mol. The number of rotatable bonds is 9. The van der Waals surface area contributed by atoms with Gasteiger partial charge in [-0.2, -0.15) is 0 Å². The minimum atomic E-state index is -0.784. The van der Waals surface area contributed by atoms with Crippen LogP contribution < -0.4 is 9.47 Å². The molecule has 0 heterocycles. The van der Waals surface area contributed by atoms with Gasteiger partial charge < -0.3 is 19.5 Å². The monoisotopic (exact) mass is 295 g/mol. The Morgan fingerprint density at radius 1 is 1.24 bits per heavy atom. The van der Waals surface area contributed by atoms with Gasteiger partial charge in [0.2, 0.25) is 0 Å². The predicted molar refractivity (Wildman–Crippen MR) is 82.2 cm³/mol. The van der Waals surface area contributed by atoms with Crippen molar-refractivity contribution in [3.63, 3.8) is 0 Å². The Labute approximate surface area is 126 Å². The highest BCUT2D eigenvalue weighted by atomic mass is 16.5. The molecule has 1 N–H and O–H groups in total. The summed E-state index contributed by atoms with van der Waals surface area (Å²) in [5, 5.41) is 9.15. The van der Waals surface area contributed by atoms with Gasteiger partial charge in [0, 0.05) is 6.04 Å². The van der Waals surface area contributed by atoms with Crippen LogP contribution in [0, 0.1) is 0 Å². The minimum absolute atomic E-state index is 0.0569. The molecule has 1 rings (SSSR count). The normalized spacial score (nSPS) is 12.2. The summed E-state index contributed by atoms with van der Waals surface area (Å²) in [5.74, 6) is 0.728. The number of carboxylic acid groups (broad SMARTS) is 1. The van der Waals surface area contributed by atoms with Crippen molar-refractivity contribution >= 4 is 5.97 Å². The molecule has 0 saturated carbocycles. The molecule has 0 saturated heterocycles. The number of benzene rings is 1. The number of hydrogen-bond donors (Lipinski definition) is 1. The fraction of sp³-hybridized carbons (Fsp3) is 0.562. The van der Waals surface area contributed by atoms with E-state index in [9.17, 15) is 4.79 Å². The predicted octanol–water partition coefficient (Wildman–Crippen LogP) is 2.43. The fourth-order valence-electron chi connectivity index (χ4n) is 2.57. The molecule has 0 aromatic heterocycles. The molecule has 21 heavy (non-hydrogen) atoms. The highest BCUT2D eigenvalue weighted by molar-refractivity contribution is 5.67. The van der Waals surface area contributed by atoms with Crippen LogP contribution in [0.5, 0.6) is 11.5 Å². The first-order valence-corrected chi connectivity index (χ1v) is 7.22. The van der Waals surface area contributed by atoms with Gasteiger partial charge in [-0.25, -0.2) is 0 Å². The lowest BCUT2D eigenvalue weighted by atomic mass is 10.0. The van der Waals surface area contributed by atoms with Crippen LogP contribution in [0.15, 0.2) is 18.2 Å². The second kappa shape index (κ2) is 8.52. The molecule has 0 bridgehead atoms. The standard InChI is InChI=1S/C16H25NO4/c1-5-17(6-2)13(11-16(18)19)9-12-10-14(20-3)7-8-15(12)21-4/h7-8,10,13H,5-6,9,11H2,1-4H3,(H,18,19). The summed E-state index contributed by atoms with van der Waals surface area (Å²) in [7, 11) is 3.24. The third-order valence-electron chi connectivity index (χ3n) is 3.68. The zero-order valence-electron chi connectivity index (χ0n) is 13.3. The number of likely N-dealkylation sites (N-methyl/N-ethyl adjacent to an activating group) is 1. The molecule has 0 aliphatic rings. The Hall–Kier alpha value is -1.75. The molecule has 0 radical (unpaired) electrons. The average Bonchev–Trinajstić information content (AvgIpc) is 2.47. The van der Waals surface area contributed by atoms with Gasteiger partial charge in [-0.3, -0.25) is 4.79 Å². The van der Waals surface area contributed by atoms with Crippen molar-refractivity contribution in [3.8, 4) is 11.5 Å². The van der Waals surface area contributed by atoms with Crippen LogP contribution in [-0.4, -0.2) is 49.3 Å². The van der Waals surface area contributed by atoms with Gasteiger partial charge in [0.05, 0.1) is 20.6 Å². The van der Waals surface area contributed by atoms with Gasteiger partial charge in [-0.15, -0.1) is 0 Å². The molecule has 5 nitrogen and oxygen atoms in total. The lowest BCUT2D eigenvalue weighted by Gasteiger charge is -2.29. The maximum Gasteiger partial charge on any atom is 0.304 e. The number of hydrogen-bond acceptors (Lipinski definition) is 4. The van der Waals surface area contributed by atoms with E-state index in [1.807, 2.05) is 32.0 Å². The number of carboxylic acids is 1.